The van der Waals surface area contributed by atoms with Crippen LogP contribution in [0.1, 0.15) is 43.3 Å². The van der Waals surface area contributed by atoms with Gasteiger partial charge < -0.3 is 0 Å². The topological polar surface area (TPSA) is 12.9 Å². The molecule has 1 heterocycles. The quantitative estimate of drug-likeness (QED) is 0.685. The van der Waals surface area contributed by atoms with E-state index in [-0.39, 0.29) is 0 Å². The van der Waals surface area contributed by atoms with E-state index in [4.69, 9.17) is 0 Å². The Kier molecular flexibility index (Phi) is 6.39. The van der Waals surface area contributed by atoms with Gasteiger partial charge in [0.15, 0.2) is 0 Å². The van der Waals surface area contributed by atoms with E-state index in [9.17, 15) is 0 Å². The summed E-state index contributed by atoms with van der Waals surface area (Å²) in [5.41, 5.74) is 4.21. The van der Waals surface area contributed by atoms with Gasteiger partial charge in [-0.3, -0.25) is 4.98 Å². The highest BCUT2D eigenvalue weighted by Crippen LogP contribution is 2.05. The molecule has 0 saturated heterocycles. The maximum Gasteiger partial charge on any atom is 0.0416 e. The van der Waals surface area contributed by atoms with Crippen LogP contribution >= 0.6 is 0 Å². The molecule has 1 aromatic heterocycles. The minimum absolute atomic E-state index is 0.946. The van der Waals surface area contributed by atoms with Crippen molar-refractivity contribution in [2.24, 2.45) is 0 Å². The van der Waals surface area contributed by atoms with E-state index in [0.29, 0.717) is 0 Å². The molecule has 98 valence electrons. The average Bonchev–Trinajstić information content (AvgIpc) is 2.48. The Labute approximate surface area is 116 Å². The third kappa shape index (κ3) is 4.97. The molecule has 0 unspecified atom stereocenters. The molecule has 0 N–H and O–H groups in total. The first-order valence-corrected chi connectivity index (χ1v) is 6.82. The zero-order valence-electron chi connectivity index (χ0n) is 12.2. The number of aromatic nitrogens is 1. The third-order valence-corrected chi connectivity index (χ3v) is 2.49. The second-order valence-corrected chi connectivity index (χ2v) is 3.96. The fraction of sp³-hybridized carbons (Fsp3) is 0.278. The van der Waals surface area contributed by atoms with Crippen molar-refractivity contribution >= 4 is 0 Å². The minimum atomic E-state index is 0.946. The summed E-state index contributed by atoms with van der Waals surface area (Å²) < 4.78 is 0. The monoisotopic (exact) mass is 251 g/mol. The number of rotatable bonds is 1. The van der Waals surface area contributed by atoms with Crippen LogP contribution in [-0.2, 0) is 6.42 Å². The Morgan fingerprint density at radius 1 is 0.947 bits per heavy atom. The van der Waals surface area contributed by atoms with E-state index in [2.05, 4.69) is 29.8 Å². The van der Waals surface area contributed by atoms with Crippen LogP contribution in [0.2, 0.25) is 0 Å². The van der Waals surface area contributed by atoms with Gasteiger partial charge in [-0.2, -0.15) is 0 Å². The summed E-state index contributed by atoms with van der Waals surface area (Å²) in [6.45, 7) is 8.11. The normalized spacial score (nSPS) is 8.84. The van der Waals surface area contributed by atoms with Crippen LogP contribution in [0, 0.1) is 18.8 Å². The second kappa shape index (κ2) is 8.11. The number of hydrogen-bond acceptors (Lipinski definition) is 1. The van der Waals surface area contributed by atoms with Gasteiger partial charge in [-0.15, -0.1) is 0 Å². The van der Waals surface area contributed by atoms with E-state index < -0.39 is 0 Å². The molecule has 0 atom stereocenters. The van der Waals surface area contributed by atoms with Crippen LogP contribution in [0.25, 0.3) is 0 Å². The number of benzene rings is 1. The smallest absolute Gasteiger partial charge is 0.0416 e. The van der Waals surface area contributed by atoms with Gasteiger partial charge in [0.1, 0.15) is 0 Å². The second-order valence-electron chi connectivity index (χ2n) is 3.96. The molecule has 2 aromatic rings. The largest absolute Gasteiger partial charge is 0.258 e. The Morgan fingerprint density at radius 3 is 2.21 bits per heavy atom. The van der Waals surface area contributed by atoms with Gasteiger partial charge >= 0.3 is 0 Å². The fourth-order valence-corrected chi connectivity index (χ4v) is 1.66. The van der Waals surface area contributed by atoms with Crippen LogP contribution < -0.4 is 0 Å². The lowest BCUT2D eigenvalue weighted by Gasteiger charge is -1.99. The molecule has 0 saturated carbocycles. The molecule has 0 radical (unpaired) electrons. The molecule has 2 rings (SSSR count). The molecule has 0 spiro atoms. The summed E-state index contributed by atoms with van der Waals surface area (Å²) in [4.78, 5) is 4.44. The Morgan fingerprint density at radius 2 is 1.58 bits per heavy atom. The lowest BCUT2D eigenvalue weighted by molar-refractivity contribution is 1.00. The molecule has 1 nitrogen and oxygen atoms in total. The molecule has 1 aromatic carbocycles. The van der Waals surface area contributed by atoms with Crippen LogP contribution in [0.3, 0.4) is 0 Å². The molecular formula is C18H21N. The molecule has 0 aliphatic heterocycles. The molecule has 0 amide bonds. The number of pyridine rings is 1. The molecular weight excluding hydrogens is 230 g/mol. The third-order valence-electron chi connectivity index (χ3n) is 2.49. The predicted molar refractivity (Wildman–Crippen MR) is 82.1 cm³/mol. The predicted octanol–water partition coefficient (Wildman–Crippen LogP) is 4.38. The summed E-state index contributed by atoms with van der Waals surface area (Å²) in [7, 11) is 0. The van der Waals surface area contributed by atoms with Gasteiger partial charge in [0.2, 0.25) is 0 Å². The van der Waals surface area contributed by atoms with Crippen molar-refractivity contribution in [3.05, 3.63) is 65.0 Å². The van der Waals surface area contributed by atoms with E-state index in [1.54, 1.807) is 0 Å². The van der Waals surface area contributed by atoms with Gasteiger partial charge in [-0.25, -0.2) is 0 Å². The molecule has 19 heavy (non-hydrogen) atoms. The standard InChI is InChI=1S/C16H15N.C2H6/c1-3-16-12-15(11-13(2)17-16)10-9-14-7-5-4-6-8-14;1-2/h4-8,11-12H,3H2,1-2H3;1-2H3. The van der Waals surface area contributed by atoms with Crippen LogP contribution in [0.15, 0.2) is 42.5 Å². The van der Waals surface area contributed by atoms with Crippen molar-refractivity contribution in [3.63, 3.8) is 0 Å². The first-order chi connectivity index (χ1) is 9.28. The van der Waals surface area contributed by atoms with Crippen molar-refractivity contribution in [1.29, 1.82) is 0 Å². The van der Waals surface area contributed by atoms with Gasteiger partial charge in [0.05, 0.1) is 0 Å². The lowest BCUT2D eigenvalue weighted by atomic mass is 10.1. The van der Waals surface area contributed by atoms with Gasteiger partial charge in [0, 0.05) is 22.5 Å². The molecule has 0 bridgehead atoms. The van der Waals surface area contributed by atoms with Gasteiger partial charge in [0.25, 0.3) is 0 Å². The molecule has 1 heteroatoms. The zero-order valence-corrected chi connectivity index (χ0v) is 12.2. The van der Waals surface area contributed by atoms with Crippen LogP contribution in [0.5, 0.6) is 0 Å². The maximum absolute atomic E-state index is 4.44. The first-order valence-electron chi connectivity index (χ1n) is 6.82. The fourth-order valence-electron chi connectivity index (χ4n) is 1.66. The number of hydrogen-bond donors (Lipinski definition) is 0. The van der Waals surface area contributed by atoms with E-state index >= 15 is 0 Å². The zero-order chi connectivity index (χ0) is 14.1. The molecule has 0 fully saturated rings. The van der Waals surface area contributed by atoms with Crippen molar-refractivity contribution in [2.75, 3.05) is 0 Å². The first kappa shape index (κ1) is 15.0. The summed E-state index contributed by atoms with van der Waals surface area (Å²) in [5.74, 6) is 6.35. The van der Waals surface area contributed by atoms with Gasteiger partial charge in [-0.1, -0.05) is 50.8 Å². The minimum Gasteiger partial charge on any atom is -0.258 e. The summed E-state index contributed by atoms with van der Waals surface area (Å²) in [5, 5.41) is 0. The highest BCUT2D eigenvalue weighted by molar-refractivity contribution is 5.43. The molecule has 0 aliphatic rings. The maximum atomic E-state index is 4.44. The van der Waals surface area contributed by atoms with Crippen molar-refractivity contribution in [2.45, 2.75) is 34.1 Å². The summed E-state index contributed by atoms with van der Waals surface area (Å²) in [6.07, 6.45) is 0.946. The van der Waals surface area contributed by atoms with Crippen molar-refractivity contribution in [1.82, 2.24) is 4.98 Å². The number of aryl methyl sites for hydroxylation is 2. The van der Waals surface area contributed by atoms with Crippen LogP contribution in [-0.4, -0.2) is 4.98 Å². The summed E-state index contributed by atoms with van der Waals surface area (Å²) in [6, 6.07) is 14.1. The lowest BCUT2D eigenvalue weighted by Crippen LogP contribution is -1.91. The van der Waals surface area contributed by atoms with E-state index in [1.165, 1.54) is 0 Å². The molecule has 0 aliphatic carbocycles. The van der Waals surface area contributed by atoms with E-state index in [1.807, 2.05) is 57.2 Å². The van der Waals surface area contributed by atoms with Crippen molar-refractivity contribution < 1.29 is 0 Å². The Hall–Kier alpha value is -2.07. The van der Waals surface area contributed by atoms with Crippen LogP contribution in [0.4, 0.5) is 0 Å². The summed E-state index contributed by atoms with van der Waals surface area (Å²) >= 11 is 0. The highest BCUT2D eigenvalue weighted by Gasteiger charge is 1.95. The average molecular weight is 251 g/mol. The van der Waals surface area contributed by atoms with Gasteiger partial charge in [-0.05, 0) is 37.6 Å². The van der Waals surface area contributed by atoms with Crippen molar-refractivity contribution in [3.8, 4) is 11.8 Å². The SMILES string of the molecule is CC.CCc1cc(C#Cc2ccccc2)cc(C)n1. The Bertz CT molecular complexity index is 559. The highest BCUT2D eigenvalue weighted by atomic mass is 14.7. The number of nitrogens with zero attached hydrogens (tertiary/aromatic N) is 1. The Balaban J connectivity index is 0.000000861. The van der Waals surface area contributed by atoms with E-state index in [0.717, 1.165) is 28.9 Å².